The lowest BCUT2D eigenvalue weighted by Crippen LogP contribution is -2.74. The molecule has 0 N–H and O–H groups in total. The first-order chi connectivity index (χ1) is 22.9. The summed E-state index contributed by atoms with van der Waals surface area (Å²) in [7, 11) is -5.96. The van der Waals surface area contributed by atoms with E-state index in [0.717, 1.165) is 0 Å². The van der Waals surface area contributed by atoms with E-state index in [-0.39, 0.29) is 22.3 Å². The summed E-state index contributed by atoms with van der Waals surface area (Å²) in [6, 6.07) is 43.2. The Kier molecular flexibility index (Phi) is 10.4. The number of rotatable bonds is 10. The molecule has 8 heteroatoms. The van der Waals surface area contributed by atoms with Gasteiger partial charge in [0, 0.05) is 0 Å². The highest BCUT2D eigenvalue weighted by Crippen LogP contribution is 2.45. The molecule has 2 bridgehead atoms. The number of ether oxygens (including phenoxy) is 2. The van der Waals surface area contributed by atoms with E-state index in [1.165, 1.54) is 20.7 Å². The molecule has 0 aromatic heterocycles. The van der Waals surface area contributed by atoms with Crippen molar-refractivity contribution in [2.24, 2.45) is 0 Å². The fraction of sp³-hybridized carbons (Fsp3) is 0.400. The summed E-state index contributed by atoms with van der Waals surface area (Å²) in [4.78, 5) is 0. The van der Waals surface area contributed by atoms with Gasteiger partial charge < -0.3 is 22.1 Å². The lowest BCUT2D eigenvalue weighted by atomic mass is 10.0. The second-order valence-electron chi connectivity index (χ2n) is 15.5. The van der Waals surface area contributed by atoms with Gasteiger partial charge in [0.1, 0.15) is 18.3 Å². The first kappa shape index (κ1) is 35.5. The summed E-state index contributed by atoms with van der Waals surface area (Å²) < 4.78 is 36.1. The van der Waals surface area contributed by atoms with E-state index in [0.29, 0.717) is 6.61 Å². The predicted molar refractivity (Wildman–Crippen MR) is 202 cm³/mol. The minimum Gasteiger partial charge on any atom is -0.495 e. The molecule has 48 heavy (non-hydrogen) atoms. The molecule has 2 heterocycles. The second kappa shape index (κ2) is 14.1. The van der Waals surface area contributed by atoms with Crippen LogP contribution in [0.2, 0.25) is 21.6 Å². The van der Waals surface area contributed by atoms with Crippen LogP contribution in [0.15, 0.2) is 121 Å². The minimum absolute atomic E-state index is 0.208. The quantitative estimate of drug-likeness (QED) is 0.183. The first-order valence-corrected chi connectivity index (χ1v) is 24.0. The van der Waals surface area contributed by atoms with Gasteiger partial charge in [0.25, 0.3) is 16.6 Å². The van der Waals surface area contributed by atoms with Gasteiger partial charge in [-0.2, -0.15) is 0 Å². The molecule has 5 atom stereocenters. The van der Waals surface area contributed by atoms with Crippen LogP contribution in [0.25, 0.3) is 0 Å². The lowest BCUT2D eigenvalue weighted by molar-refractivity contribution is -0.214. The number of fused-ring (bicyclic) bond motifs is 2. The van der Waals surface area contributed by atoms with E-state index in [4.69, 9.17) is 22.1 Å². The monoisotopic (exact) mass is 694 g/mol. The van der Waals surface area contributed by atoms with Crippen LogP contribution < -0.4 is 20.7 Å². The summed E-state index contributed by atoms with van der Waals surface area (Å²) in [5, 5.41) is 4.46. The van der Waals surface area contributed by atoms with Crippen molar-refractivity contribution in [2.45, 2.75) is 93.9 Å². The molecular weight excluding hydrogens is 644 g/mol. The van der Waals surface area contributed by atoms with Crippen LogP contribution in [0.4, 0.5) is 0 Å². The Bertz CT molecular complexity index is 1410. The van der Waals surface area contributed by atoms with Crippen molar-refractivity contribution in [1.29, 1.82) is 0 Å². The molecule has 0 amide bonds. The molecule has 0 aliphatic carbocycles. The van der Waals surface area contributed by atoms with Crippen molar-refractivity contribution in [3.8, 4) is 0 Å². The maximum Gasteiger partial charge on any atom is 0.454 e. The smallest absolute Gasteiger partial charge is 0.454 e. The van der Waals surface area contributed by atoms with Crippen LogP contribution in [0, 0.1) is 0 Å². The Morgan fingerprint density at radius 1 is 0.542 bits per heavy atom. The molecule has 4 aromatic carbocycles. The van der Waals surface area contributed by atoms with Gasteiger partial charge in [-0.3, -0.25) is 0 Å². The van der Waals surface area contributed by atoms with Crippen molar-refractivity contribution in [3.05, 3.63) is 121 Å². The summed E-state index contributed by atoms with van der Waals surface area (Å²) in [6.45, 7) is 14.3. The zero-order chi connectivity index (χ0) is 34.2. The van der Waals surface area contributed by atoms with Gasteiger partial charge in [0.15, 0.2) is 6.29 Å². The Hall–Kier alpha value is -2.35. The topological polar surface area (TPSA) is 46.2 Å². The zero-order valence-corrected chi connectivity index (χ0v) is 32.9. The molecule has 6 rings (SSSR count). The molecule has 2 aliphatic heterocycles. The number of hydrogen-bond acceptors (Lipinski definition) is 5. The fourth-order valence-electron chi connectivity index (χ4n) is 7.86. The van der Waals surface area contributed by atoms with Crippen molar-refractivity contribution < 1.29 is 22.1 Å². The van der Waals surface area contributed by atoms with Gasteiger partial charge in [-0.05, 0) is 30.8 Å². The van der Waals surface area contributed by atoms with Crippen LogP contribution in [0.5, 0.6) is 0 Å². The maximum absolute atomic E-state index is 7.87. The molecule has 0 radical (unpaired) electrons. The van der Waals surface area contributed by atoms with Gasteiger partial charge >= 0.3 is 14.5 Å². The third kappa shape index (κ3) is 6.48. The minimum atomic E-state index is -2.99. The van der Waals surface area contributed by atoms with Crippen molar-refractivity contribution in [3.63, 3.8) is 0 Å². The van der Waals surface area contributed by atoms with E-state index in [2.05, 4.69) is 174 Å². The van der Waals surface area contributed by atoms with Crippen LogP contribution in [-0.2, 0) is 22.1 Å². The Labute approximate surface area is 294 Å². The fourth-order valence-corrected chi connectivity index (χ4v) is 18.2. The zero-order valence-electron chi connectivity index (χ0n) is 29.8. The van der Waals surface area contributed by atoms with Gasteiger partial charge in [-0.15, -0.1) is 0 Å². The van der Waals surface area contributed by atoms with E-state index in [9.17, 15) is 0 Å². The molecule has 0 unspecified atom stereocenters. The highest BCUT2D eigenvalue weighted by Gasteiger charge is 2.61. The summed E-state index contributed by atoms with van der Waals surface area (Å²) in [5.74, 6) is 4.47. The molecule has 4 aromatic rings. The summed E-state index contributed by atoms with van der Waals surface area (Å²) >= 11 is -1.60. The SMILES string of the molecule is [CH3][Al]([CH3])[O][C@@H]1[C@@H](O[Si](c2ccccc2)(c2ccccc2)C(C)(C)C)[C@@H]2OC[C@@H](O2)[C@H]1O[Si](c1ccccc1)(c1ccccc1)C(C)(C)C. The Morgan fingerprint density at radius 2 is 0.896 bits per heavy atom. The molecule has 0 spiro atoms. The molecule has 5 nitrogen and oxygen atoms in total. The van der Waals surface area contributed by atoms with E-state index in [1.807, 2.05) is 0 Å². The van der Waals surface area contributed by atoms with Crippen molar-refractivity contribution in [2.75, 3.05) is 6.61 Å². The molecule has 2 saturated heterocycles. The Balaban J connectivity index is 1.53. The van der Waals surface area contributed by atoms with Crippen LogP contribution in [-0.4, -0.2) is 68.4 Å². The predicted octanol–water partition coefficient (Wildman–Crippen LogP) is 6.27. The van der Waals surface area contributed by atoms with Crippen LogP contribution >= 0.6 is 0 Å². The maximum atomic E-state index is 7.87. The molecule has 2 fully saturated rings. The normalized spacial score (nSPS) is 23.2. The summed E-state index contributed by atoms with van der Waals surface area (Å²) in [6.07, 6.45) is -2.07. The summed E-state index contributed by atoms with van der Waals surface area (Å²) in [5.41, 5.74) is 0. The molecule has 252 valence electrons. The third-order valence-electron chi connectivity index (χ3n) is 9.90. The second-order valence-corrected chi connectivity index (χ2v) is 26.4. The van der Waals surface area contributed by atoms with E-state index in [1.54, 1.807) is 0 Å². The van der Waals surface area contributed by atoms with Crippen LogP contribution in [0.1, 0.15) is 41.5 Å². The average Bonchev–Trinajstić information content (AvgIpc) is 3.51. The van der Waals surface area contributed by atoms with E-state index >= 15 is 0 Å². The average molecular weight is 695 g/mol. The van der Waals surface area contributed by atoms with E-state index < -0.39 is 49.6 Å². The van der Waals surface area contributed by atoms with Gasteiger partial charge in [0.2, 0.25) is 0 Å². The third-order valence-corrected chi connectivity index (χ3v) is 20.8. The lowest BCUT2D eigenvalue weighted by Gasteiger charge is -2.52. The van der Waals surface area contributed by atoms with Gasteiger partial charge in [-0.25, -0.2) is 0 Å². The van der Waals surface area contributed by atoms with Crippen LogP contribution in [0.3, 0.4) is 0 Å². The largest absolute Gasteiger partial charge is 0.495 e. The number of benzene rings is 4. The molecular formula is C40H51AlO5Si2. The number of hydrogen-bond donors (Lipinski definition) is 0. The van der Waals surface area contributed by atoms with Crippen molar-refractivity contribution >= 4 is 51.9 Å². The highest BCUT2D eigenvalue weighted by molar-refractivity contribution is 7.00. The highest BCUT2D eigenvalue weighted by atomic mass is 28.4. The molecule has 2 aliphatic rings. The van der Waals surface area contributed by atoms with Gasteiger partial charge in [-0.1, -0.05) is 174 Å². The van der Waals surface area contributed by atoms with Crippen molar-refractivity contribution in [1.82, 2.24) is 0 Å². The Morgan fingerprint density at radius 3 is 1.23 bits per heavy atom. The standard InChI is InChI=1S/C38H45O5Si2.2CH3.Al/c1-37(2,3)44(28-19-11-7-12-20-28,29-21-13-8-14-22-29)42-34-32-27-40-36(41-32)35(33(34)39)43-45(38(4,5)6,30-23-15-9-16-24-30)31-25-17-10-18-26-31;;;/h7-26,32-36H,27H2,1-6H3;2*1H3;/q-1;;;+1/t32-,33+,34-,35-,36-;;;/m1.../s1. The molecule has 0 saturated carbocycles. The van der Waals surface area contributed by atoms with Gasteiger partial charge in [0.05, 0.1) is 12.7 Å². The first-order valence-electron chi connectivity index (χ1n) is 17.4.